The molecule has 0 unspecified atom stereocenters. The highest BCUT2D eigenvalue weighted by Crippen LogP contribution is 2.22. The van der Waals surface area contributed by atoms with E-state index in [4.69, 9.17) is 9.47 Å². The first-order chi connectivity index (χ1) is 13.7. The van der Waals surface area contributed by atoms with Crippen molar-refractivity contribution in [2.45, 2.75) is 11.0 Å². The number of carbonyl (C=O) groups is 2. The zero-order chi connectivity index (χ0) is 19.8. The Morgan fingerprint density at radius 3 is 2.39 bits per heavy atom. The van der Waals surface area contributed by atoms with Crippen molar-refractivity contribution in [2.24, 2.45) is 0 Å². The molecular weight excluding hydrogens is 374 g/mol. The molecule has 0 bridgehead atoms. The van der Waals surface area contributed by atoms with Crippen LogP contribution in [-0.2, 0) is 19.1 Å². The summed E-state index contributed by atoms with van der Waals surface area (Å²) in [5.41, 5.74) is 1.55. The summed E-state index contributed by atoms with van der Waals surface area (Å²) in [5, 5.41) is 0. The summed E-state index contributed by atoms with van der Waals surface area (Å²) in [5.74, 6) is -0.773. The summed E-state index contributed by atoms with van der Waals surface area (Å²) in [6, 6.07) is 16.9. The van der Waals surface area contributed by atoms with Crippen molar-refractivity contribution in [2.75, 3.05) is 32.6 Å². The van der Waals surface area contributed by atoms with Crippen LogP contribution < -0.4 is 0 Å². The summed E-state index contributed by atoms with van der Waals surface area (Å²) < 4.78 is 10.9. The fourth-order valence-electron chi connectivity index (χ4n) is 2.87. The number of amides is 1. The normalized spacial score (nSPS) is 15.4. The van der Waals surface area contributed by atoms with Gasteiger partial charge in [-0.3, -0.25) is 4.79 Å². The van der Waals surface area contributed by atoms with Crippen LogP contribution in [0.1, 0.15) is 17.2 Å². The molecule has 3 rings (SSSR count). The highest BCUT2D eigenvalue weighted by atomic mass is 32.2. The van der Waals surface area contributed by atoms with Gasteiger partial charge in [-0.25, -0.2) is 4.79 Å². The monoisotopic (exact) mass is 397 g/mol. The predicted octanol–water partition coefficient (Wildman–Crippen LogP) is 3.57. The van der Waals surface area contributed by atoms with Gasteiger partial charge in [-0.05, 0) is 30.0 Å². The number of esters is 1. The van der Waals surface area contributed by atoms with Gasteiger partial charge in [-0.2, -0.15) is 0 Å². The maximum Gasteiger partial charge on any atom is 0.331 e. The number of ether oxygens (including phenoxy) is 2. The molecule has 6 heteroatoms. The Bertz CT molecular complexity index is 814. The van der Waals surface area contributed by atoms with Crippen LogP contribution in [0.4, 0.5) is 0 Å². The van der Waals surface area contributed by atoms with Crippen molar-refractivity contribution in [3.63, 3.8) is 0 Å². The zero-order valence-corrected chi connectivity index (χ0v) is 16.6. The number of hydrogen-bond donors (Lipinski definition) is 0. The first-order valence-corrected chi connectivity index (χ1v) is 10.3. The van der Waals surface area contributed by atoms with Gasteiger partial charge in [0.25, 0.3) is 5.91 Å². The second-order valence-electron chi connectivity index (χ2n) is 6.27. The SMILES string of the molecule is CSc1ccc(/C=C/C(=O)O[C@H](C(=O)N2CCOCC2)c2ccccc2)cc1. The first kappa shape index (κ1) is 20.2. The molecule has 2 aromatic carbocycles. The maximum atomic E-state index is 12.9. The number of nitrogens with zero attached hydrogens (tertiary/aromatic N) is 1. The standard InChI is InChI=1S/C22H23NO4S/c1-28-19-10-7-17(8-11-19)9-12-20(24)27-21(18-5-3-2-4-6-18)22(25)23-13-15-26-16-14-23/h2-12,21H,13-16H2,1H3/b12-9+/t21-/m0/s1. The number of thioether (sulfide) groups is 1. The Hall–Kier alpha value is -2.57. The minimum Gasteiger partial charge on any atom is -0.444 e. The van der Waals surface area contributed by atoms with E-state index >= 15 is 0 Å². The van der Waals surface area contributed by atoms with E-state index in [-0.39, 0.29) is 5.91 Å². The van der Waals surface area contributed by atoms with Crippen LogP contribution >= 0.6 is 11.8 Å². The molecule has 0 aromatic heterocycles. The van der Waals surface area contributed by atoms with E-state index in [1.54, 1.807) is 34.9 Å². The second-order valence-corrected chi connectivity index (χ2v) is 7.15. The summed E-state index contributed by atoms with van der Waals surface area (Å²) in [7, 11) is 0. The quantitative estimate of drug-likeness (QED) is 0.424. The molecule has 0 N–H and O–H groups in total. The average Bonchev–Trinajstić information content (AvgIpc) is 2.77. The Kier molecular flexibility index (Phi) is 7.28. The molecule has 1 fully saturated rings. The van der Waals surface area contributed by atoms with Crippen LogP contribution in [0.5, 0.6) is 0 Å². The minimum absolute atomic E-state index is 0.222. The first-order valence-electron chi connectivity index (χ1n) is 9.11. The molecule has 1 heterocycles. The van der Waals surface area contributed by atoms with Gasteiger partial charge >= 0.3 is 5.97 Å². The number of carbonyl (C=O) groups excluding carboxylic acids is 2. The van der Waals surface area contributed by atoms with E-state index in [0.717, 1.165) is 10.5 Å². The molecule has 0 spiro atoms. The lowest BCUT2D eigenvalue weighted by Crippen LogP contribution is -2.44. The molecule has 146 valence electrons. The molecule has 28 heavy (non-hydrogen) atoms. The third-order valence-electron chi connectivity index (χ3n) is 4.41. The van der Waals surface area contributed by atoms with E-state index < -0.39 is 12.1 Å². The summed E-state index contributed by atoms with van der Waals surface area (Å²) in [6.45, 7) is 1.98. The summed E-state index contributed by atoms with van der Waals surface area (Å²) in [4.78, 5) is 28.2. The van der Waals surface area contributed by atoms with Gasteiger partial charge in [0.2, 0.25) is 6.10 Å². The van der Waals surface area contributed by atoms with Gasteiger partial charge in [0.05, 0.1) is 13.2 Å². The molecule has 1 aliphatic rings. The van der Waals surface area contributed by atoms with Crippen LogP contribution in [0, 0.1) is 0 Å². The Morgan fingerprint density at radius 1 is 1.07 bits per heavy atom. The molecule has 1 aliphatic heterocycles. The zero-order valence-electron chi connectivity index (χ0n) is 15.7. The van der Waals surface area contributed by atoms with Gasteiger partial charge in [-0.1, -0.05) is 42.5 Å². The highest BCUT2D eigenvalue weighted by Gasteiger charge is 2.29. The molecule has 1 saturated heterocycles. The molecule has 0 saturated carbocycles. The fourth-order valence-corrected chi connectivity index (χ4v) is 3.28. The molecular formula is C22H23NO4S. The minimum atomic E-state index is -0.963. The van der Waals surface area contributed by atoms with E-state index in [1.807, 2.05) is 48.7 Å². The van der Waals surface area contributed by atoms with Gasteiger partial charge < -0.3 is 14.4 Å². The van der Waals surface area contributed by atoms with Crippen molar-refractivity contribution >= 4 is 29.7 Å². The van der Waals surface area contributed by atoms with Crippen LogP contribution in [0.15, 0.2) is 65.6 Å². The number of hydrogen-bond acceptors (Lipinski definition) is 5. The van der Waals surface area contributed by atoms with Crippen molar-refractivity contribution in [1.82, 2.24) is 4.90 Å². The molecule has 0 radical (unpaired) electrons. The summed E-state index contributed by atoms with van der Waals surface area (Å²) >= 11 is 1.66. The van der Waals surface area contributed by atoms with Gasteiger partial charge in [0.1, 0.15) is 0 Å². The smallest absolute Gasteiger partial charge is 0.331 e. The predicted molar refractivity (Wildman–Crippen MR) is 110 cm³/mol. The summed E-state index contributed by atoms with van der Waals surface area (Å²) in [6.07, 6.45) is 4.09. The number of morpholine rings is 1. The number of benzene rings is 2. The lowest BCUT2D eigenvalue weighted by molar-refractivity contribution is -0.159. The van der Waals surface area contributed by atoms with Crippen molar-refractivity contribution in [3.05, 3.63) is 71.8 Å². The molecule has 1 atom stereocenters. The third kappa shape index (κ3) is 5.47. The van der Waals surface area contributed by atoms with Gasteiger partial charge in [-0.15, -0.1) is 11.8 Å². The maximum absolute atomic E-state index is 12.9. The van der Waals surface area contributed by atoms with Gasteiger partial charge in [0, 0.05) is 29.6 Å². The lowest BCUT2D eigenvalue weighted by atomic mass is 10.1. The van der Waals surface area contributed by atoms with E-state index in [1.165, 1.54) is 6.08 Å². The number of rotatable bonds is 6. The third-order valence-corrected chi connectivity index (χ3v) is 5.15. The Labute approximate surface area is 169 Å². The Morgan fingerprint density at radius 2 is 1.75 bits per heavy atom. The highest BCUT2D eigenvalue weighted by molar-refractivity contribution is 7.98. The van der Waals surface area contributed by atoms with Crippen LogP contribution in [0.25, 0.3) is 6.08 Å². The molecule has 5 nitrogen and oxygen atoms in total. The molecule has 1 amide bonds. The van der Waals surface area contributed by atoms with Crippen LogP contribution in [0.2, 0.25) is 0 Å². The lowest BCUT2D eigenvalue weighted by Gasteiger charge is -2.30. The Balaban J connectivity index is 1.71. The van der Waals surface area contributed by atoms with E-state index in [2.05, 4.69) is 0 Å². The van der Waals surface area contributed by atoms with Crippen molar-refractivity contribution in [3.8, 4) is 0 Å². The van der Waals surface area contributed by atoms with E-state index in [0.29, 0.717) is 31.9 Å². The van der Waals surface area contributed by atoms with Crippen LogP contribution in [-0.4, -0.2) is 49.3 Å². The van der Waals surface area contributed by atoms with Gasteiger partial charge in [0.15, 0.2) is 0 Å². The average molecular weight is 397 g/mol. The van der Waals surface area contributed by atoms with Crippen molar-refractivity contribution in [1.29, 1.82) is 0 Å². The molecule has 0 aliphatic carbocycles. The van der Waals surface area contributed by atoms with E-state index in [9.17, 15) is 9.59 Å². The second kappa shape index (κ2) is 10.1. The topological polar surface area (TPSA) is 55.8 Å². The fraction of sp³-hybridized carbons (Fsp3) is 0.273. The van der Waals surface area contributed by atoms with Crippen molar-refractivity contribution < 1.29 is 19.1 Å². The van der Waals surface area contributed by atoms with Crippen LogP contribution in [0.3, 0.4) is 0 Å². The largest absolute Gasteiger partial charge is 0.444 e. The molecule has 2 aromatic rings.